The number of fused-ring (bicyclic) bond motifs is 1. The summed E-state index contributed by atoms with van der Waals surface area (Å²) in [6.07, 6.45) is 0.342. The van der Waals surface area contributed by atoms with E-state index in [2.05, 4.69) is 31.4 Å². The minimum atomic E-state index is -0.946. The van der Waals surface area contributed by atoms with Crippen molar-refractivity contribution in [3.63, 3.8) is 0 Å². The molecule has 224 valence electrons. The Hall–Kier alpha value is -4.48. The van der Waals surface area contributed by atoms with Crippen LogP contribution in [0.1, 0.15) is 64.6 Å². The van der Waals surface area contributed by atoms with Crippen LogP contribution in [0.3, 0.4) is 0 Å². The van der Waals surface area contributed by atoms with Crippen molar-refractivity contribution in [3.8, 4) is 0 Å². The van der Waals surface area contributed by atoms with E-state index in [-0.39, 0.29) is 30.8 Å². The summed E-state index contributed by atoms with van der Waals surface area (Å²) in [5, 5.41) is 19.2. The maximum atomic E-state index is 14.0. The van der Waals surface area contributed by atoms with Gasteiger partial charge in [0, 0.05) is 19.5 Å². The maximum absolute atomic E-state index is 14.0. The van der Waals surface area contributed by atoms with E-state index in [4.69, 9.17) is 4.74 Å². The Morgan fingerprint density at radius 2 is 1.83 bits per heavy atom. The highest BCUT2D eigenvalue weighted by atomic mass is 16.6. The first-order chi connectivity index (χ1) is 19.9. The number of amides is 4. The molecule has 4 rings (SSSR count). The molecule has 12 nitrogen and oxygen atoms in total. The normalized spacial score (nSPS) is 18.3. The number of hydrogen-bond acceptors (Lipinski definition) is 7. The van der Waals surface area contributed by atoms with Crippen molar-refractivity contribution in [1.29, 1.82) is 0 Å². The van der Waals surface area contributed by atoms with E-state index in [0.717, 1.165) is 16.6 Å². The molecule has 1 saturated heterocycles. The standard InChI is InChI=1S/C30H39N7O5/c1-18(21-12-14-23-25(15-21)35-36-34-23)31-27(39)26-16-22(32-19(2)38)17-37(26)28(40)24(33-29(41)42-30(3,4)5)13-11-20-9-7-6-8-10-20/h6-10,12,14-15,18,22,24,26H,11,13,16-17H2,1-5H3,(H,31,39)(H,32,38)(H,33,41)(H,34,35,36)/t18?,22?,24-,26?/m1/s1. The van der Waals surface area contributed by atoms with Crippen molar-refractivity contribution in [2.75, 3.05) is 6.54 Å². The molecule has 3 aromatic rings. The molecule has 12 heteroatoms. The smallest absolute Gasteiger partial charge is 0.408 e. The molecule has 0 aliphatic carbocycles. The van der Waals surface area contributed by atoms with Crippen LogP contribution in [0.15, 0.2) is 48.5 Å². The van der Waals surface area contributed by atoms with Crippen LogP contribution in [-0.2, 0) is 25.5 Å². The molecule has 3 unspecified atom stereocenters. The van der Waals surface area contributed by atoms with Gasteiger partial charge in [-0.3, -0.25) is 19.5 Å². The minimum absolute atomic E-state index is 0.133. The highest BCUT2D eigenvalue weighted by Gasteiger charge is 2.42. The molecule has 1 aliphatic rings. The summed E-state index contributed by atoms with van der Waals surface area (Å²) in [5.41, 5.74) is 2.53. The van der Waals surface area contributed by atoms with Gasteiger partial charge in [-0.15, -0.1) is 5.10 Å². The van der Waals surface area contributed by atoms with Gasteiger partial charge in [0.25, 0.3) is 0 Å². The first kappa shape index (κ1) is 30.5. The number of aryl methyl sites for hydroxylation is 1. The van der Waals surface area contributed by atoms with Gasteiger partial charge in [-0.2, -0.15) is 0 Å². The molecule has 1 fully saturated rings. The third-order valence-electron chi connectivity index (χ3n) is 7.06. The summed E-state index contributed by atoms with van der Waals surface area (Å²) in [7, 11) is 0. The number of aromatic amines is 1. The number of aromatic nitrogens is 3. The number of rotatable bonds is 9. The van der Waals surface area contributed by atoms with E-state index in [0.29, 0.717) is 18.4 Å². The molecular weight excluding hydrogens is 538 g/mol. The molecule has 4 N–H and O–H groups in total. The maximum Gasteiger partial charge on any atom is 0.408 e. The number of likely N-dealkylation sites (tertiary alicyclic amines) is 1. The number of nitrogens with zero attached hydrogens (tertiary/aromatic N) is 3. The SMILES string of the molecule is CC(=O)NC1CC(C(=O)NC(C)c2ccc3[nH]nnc3c2)N(C(=O)[C@@H](CCc2ccccc2)NC(=O)OC(C)(C)C)C1. The van der Waals surface area contributed by atoms with Crippen molar-refractivity contribution >= 4 is 34.8 Å². The van der Waals surface area contributed by atoms with Gasteiger partial charge in [0.05, 0.1) is 11.6 Å². The number of benzene rings is 2. The van der Waals surface area contributed by atoms with Crippen molar-refractivity contribution in [3.05, 3.63) is 59.7 Å². The zero-order valence-corrected chi connectivity index (χ0v) is 24.6. The molecule has 1 aromatic heterocycles. The number of carbonyl (C=O) groups is 4. The molecule has 0 saturated carbocycles. The number of alkyl carbamates (subject to hydrolysis) is 1. The molecule has 2 heterocycles. The Kier molecular flexibility index (Phi) is 9.44. The Morgan fingerprint density at radius 1 is 1.10 bits per heavy atom. The van der Waals surface area contributed by atoms with E-state index in [1.807, 2.05) is 55.5 Å². The quantitative estimate of drug-likeness (QED) is 0.304. The predicted molar refractivity (Wildman–Crippen MR) is 156 cm³/mol. The highest BCUT2D eigenvalue weighted by Crippen LogP contribution is 2.23. The fraction of sp³-hybridized carbons (Fsp3) is 0.467. The molecule has 4 atom stereocenters. The lowest BCUT2D eigenvalue weighted by Gasteiger charge is -2.30. The first-order valence-electron chi connectivity index (χ1n) is 14.1. The van der Waals surface area contributed by atoms with Crippen molar-refractivity contribution < 1.29 is 23.9 Å². The molecule has 0 spiro atoms. The van der Waals surface area contributed by atoms with Crippen LogP contribution in [0.2, 0.25) is 0 Å². The number of H-pyrrole nitrogens is 1. The molecule has 4 amide bonds. The lowest BCUT2D eigenvalue weighted by Crippen LogP contribution is -2.54. The number of ether oxygens (including phenoxy) is 1. The average molecular weight is 578 g/mol. The summed E-state index contributed by atoms with van der Waals surface area (Å²) < 4.78 is 5.44. The van der Waals surface area contributed by atoms with Crippen LogP contribution in [0.5, 0.6) is 0 Å². The third kappa shape index (κ3) is 8.05. The first-order valence-corrected chi connectivity index (χ1v) is 14.1. The molecule has 2 aromatic carbocycles. The van der Waals surface area contributed by atoms with Gasteiger partial charge in [-0.25, -0.2) is 4.79 Å². The Morgan fingerprint density at radius 3 is 2.52 bits per heavy atom. The van der Waals surface area contributed by atoms with Gasteiger partial charge < -0.3 is 25.6 Å². The van der Waals surface area contributed by atoms with E-state index in [1.165, 1.54) is 11.8 Å². The van der Waals surface area contributed by atoms with Gasteiger partial charge in [-0.05, 0) is 70.2 Å². The van der Waals surface area contributed by atoms with E-state index in [9.17, 15) is 19.2 Å². The minimum Gasteiger partial charge on any atom is -0.444 e. The zero-order chi connectivity index (χ0) is 30.4. The lowest BCUT2D eigenvalue weighted by molar-refractivity contribution is -0.140. The largest absolute Gasteiger partial charge is 0.444 e. The Balaban J connectivity index is 1.54. The van der Waals surface area contributed by atoms with Crippen LogP contribution in [0, 0.1) is 0 Å². The van der Waals surface area contributed by atoms with Crippen LogP contribution in [0.4, 0.5) is 4.79 Å². The molecule has 0 radical (unpaired) electrons. The summed E-state index contributed by atoms with van der Waals surface area (Å²) >= 11 is 0. The van der Waals surface area contributed by atoms with Gasteiger partial charge in [0.2, 0.25) is 17.7 Å². The summed E-state index contributed by atoms with van der Waals surface area (Å²) in [4.78, 5) is 53.7. The molecule has 1 aliphatic heterocycles. The molecule has 0 bridgehead atoms. The van der Waals surface area contributed by atoms with Crippen LogP contribution >= 0.6 is 0 Å². The van der Waals surface area contributed by atoms with Crippen LogP contribution in [0.25, 0.3) is 11.0 Å². The number of nitrogens with one attached hydrogen (secondary N) is 4. The van der Waals surface area contributed by atoms with Gasteiger partial charge >= 0.3 is 6.09 Å². The average Bonchev–Trinajstić information content (AvgIpc) is 3.56. The second-order valence-corrected chi connectivity index (χ2v) is 11.7. The van der Waals surface area contributed by atoms with Gasteiger partial charge in [0.1, 0.15) is 23.2 Å². The Labute approximate surface area is 244 Å². The molecule has 42 heavy (non-hydrogen) atoms. The highest BCUT2D eigenvalue weighted by molar-refractivity contribution is 5.92. The predicted octanol–water partition coefficient (Wildman–Crippen LogP) is 2.77. The lowest BCUT2D eigenvalue weighted by atomic mass is 10.0. The molecular formula is C30H39N7O5. The number of hydrogen-bond donors (Lipinski definition) is 4. The van der Waals surface area contributed by atoms with Crippen molar-refractivity contribution in [2.24, 2.45) is 0 Å². The van der Waals surface area contributed by atoms with Crippen molar-refractivity contribution in [1.82, 2.24) is 36.3 Å². The zero-order valence-electron chi connectivity index (χ0n) is 24.6. The second-order valence-electron chi connectivity index (χ2n) is 11.7. The number of carbonyl (C=O) groups excluding carboxylic acids is 4. The fourth-order valence-electron chi connectivity index (χ4n) is 5.10. The van der Waals surface area contributed by atoms with Gasteiger partial charge in [-0.1, -0.05) is 41.6 Å². The fourth-order valence-corrected chi connectivity index (χ4v) is 5.10. The summed E-state index contributed by atoms with van der Waals surface area (Å²) in [6.45, 7) is 8.61. The van der Waals surface area contributed by atoms with E-state index in [1.54, 1.807) is 20.8 Å². The van der Waals surface area contributed by atoms with Crippen LogP contribution < -0.4 is 16.0 Å². The van der Waals surface area contributed by atoms with Gasteiger partial charge in [0.15, 0.2) is 0 Å². The summed E-state index contributed by atoms with van der Waals surface area (Å²) in [6, 6.07) is 12.6. The monoisotopic (exact) mass is 577 g/mol. The third-order valence-corrected chi connectivity index (χ3v) is 7.06. The van der Waals surface area contributed by atoms with Crippen LogP contribution in [-0.4, -0.2) is 74.4 Å². The van der Waals surface area contributed by atoms with Crippen molar-refractivity contribution in [2.45, 2.75) is 83.6 Å². The Bertz CT molecular complexity index is 1420. The van der Waals surface area contributed by atoms with E-state index >= 15 is 0 Å². The van der Waals surface area contributed by atoms with E-state index < -0.39 is 35.7 Å². The summed E-state index contributed by atoms with van der Waals surface area (Å²) in [5.74, 6) is -1.03. The second kappa shape index (κ2) is 13.0. The topological polar surface area (TPSA) is 158 Å².